The van der Waals surface area contributed by atoms with Gasteiger partial charge in [-0.05, 0) is 61.5 Å². The fourth-order valence-corrected chi connectivity index (χ4v) is 3.54. The van der Waals surface area contributed by atoms with Crippen LogP contribution in [-0.4, -0.2) is 28.3 Å². The second-order valence-corrected chi connectivity index (χ2v) is 7.59. The van der Waals surface area contributed by atoms with Crippen LogP contribution in [0.25, 0.3) is 0 Å². The zero-order valence-corrected chi connectivity index (χ0v) is 17.1. The van der Waals surface area contributed by atoms with Crippen LogP contribution in [0.4, 0.5) is 5.69 Å². The lowest BCUT2D eigenvalue weighted by molar-refractivity contribution is -0.123. The SMILES string of the molecule is Cc1cc(C)nc(Sc2ccc(NC(=O)CNC(=O)Cc3ccccc3)cc2)n1. The number of anilines is 1. The predicted octanol–water partition coefficient (Wildman–Crippen LogP) is 3.54. The molecule has 29 heavy (non-hydrogen) atoms. The third-order valence-corrected chi connectivity index (χ3v) is 4.84. The molecule has 6 nitrogen and oxygen atoms in total. The Morgan fingerprint density at radius 2 is 1.55 bits per heavy atom. The zero-order valence-electron chi connectivity index (χ0n) is 16.3. The Kier molecular flexibility index (Phi) is 6.97. The lowest BCUT2D eigenvalue weighted by atomic mass is 10.1. The van der Waals surface area contributed by atoms with Crippen molar-refractivity contribution in [3.8, 4) is 0 Å². The fraction of sp³-hybridized carbons (Fsp3) is 0.182. The number of nitrogens with one attached hydrogen (secondary N) is 2. The van der Waals surface area contributed by atoms with Gasteiger partial charge in [-0.2, -0.15) is 0 Å². The lowest BCUT2D eigenvalue weighted by Crippen LogP contribution is -2.33. The molecule has 0 aliphatic rings. The van der Waals surface area contributed by atoms with E-state index in [2.05, 4.69) is 20.6 Å². The summed E-state index contributed by atoms with van der Waals surface area (Å²) in [6.07, 6.45) is 0.251. The summed E-state index contributed by atoms with van der Waals surface area (Å²) in [6, 6.07) is 18.8. The maximum atomic E-state index is 12.1. The summed E-state index contributed by atoms with van der Waals surface area (Å²) >= 11 is 1.47. The van der Waals surface area contributed by atoms with Crippen molar-refractivity contribution in [1.29, 1.82) is 0 Å². The van der Waals surface area contributed by atoms with Crippen LogP contribution in [0, 0.1) is 13.8 Å². The summed E-state index contributed by atoms with van der Waals surface area (Å²) in [4.78, 5) is 33.8. The molecular formula is C22H22N4O2S. The van der Waals surface area contributed by atoms with Crippen molar-refractivity contribution in [3.63, 3.8) is 0 Å². The Morgan fingerprint density at radius 1 is 0.897 bits per heavy atom. The minimum atomic E-state index is -0.274. The molecule has 3 aromatic rings. The Bertz CT molecular complexity index is 971. The number of aryl methyl sites for hydroxylation is 2. The van der Waals surface area contributed by atoms with Gasteiger partial charge >= 0.3 is 0 Å². The van der Waals surface area contributed by atoms with Gasteiger partial charge in [0, 0.05) is 22.0 Å². The first-order valence-electron chi connectivity index (χ1n) is 9.18. The summed E-state index contributed by atoms with van der Waals surface area (Å²) in [5.74, 6) is -0.462. The number of carbonyl (C=O) groups is 2. The van der Waals surface area contributed by atoms with E-state index in [1.807, 2.05) is 74.5 Å². The van der Waals surface area contributed by atoms with Crippen LogP contribution in [0.1, 0.15) is 17.0 Å². The molecule has 7 heteroatoms. The van der Waals surface area contributed by atoms with Crippen molar-refractivity contribution in [2.45, 2.75) is 30.3 Å². The van der Waals surface area contributed by atoms with Gasteiger partial charge in [0.05, 0.1) is 13.0 Å². The van der Waals surface area contributed by atoms with E-state index in [4.69, 9.17) is 0 Å². The van der Waals surface area contributed by atoms with Crippen LogP contribution in [0.2, 0.25) is 0 Å². The molecule has 3 rings (SSSR count). The van der Waals surface area contributed by atoms with Gasteiger partial charge < -0.3 is 10.6 Å². The van der Waals surface area contributed by atoms with Gasteiger partial charge in [0.2, 0.25) is 11.8 Å². The minimum absolute atomic E-state index is 0.0709. The van der Waals surface area contributed by atoms with E-state index in [0.717, 1.165) is 21.8 Å². The van der Waals surface area contributed by atoms with Crippen LogP contribution in [0.3, 0.4) is 0 Å². The van der Waals surface area contributed by atoms with Gasteiger partial charge in [0.25, 0.3) is 0 Å². The standard InChI is InChI=1S/C22H22N4O2S/c1-15-12-16(2)25-22(24-15)29-19-10-8-18(9-11-19)26-21(28)14-23-20(27)13-17-6-4-3-5-7-17/h3-12H,13-14H2,1-2H3,(H,23,27)(H,26,28). The quantitative estimate of drug-likeness (QED) is 0.587. The highest BCUT2D eigenvalue weighted by atomic mass is 32.2. The molecule has 0 saturated carbocycles. The topological polar surface area (TPSA) is 84.0 Å². The second-order valence-electron chi connectivity index (χ2n) is 6.55. The predicted molar refractivity (Wildman–Crippen MR) is 114 cm³/mol. The molecule has 0 aliphatic heterocycles. The van der Waals surface area contributed by atoms with Crippen molar-refractivity contribution < 1.29 is 9.59 Å². The molecule has 0 radical (unpaired) electrons. The minimum Gasteiger partial charge on any atom is -0.347 e. The molecular weight excluding hydrogens is 384 g/mol. The number of benzene rings is 2. The molecule has 1 heterocycles. The van der Waals surface area contributed by atoms with Crippen LogP contribution < -0.4 is 10.6 Å². The second kappa shape index (κ2) is 9.84. The van der Waals surface area contributed by atoms with Gasteiger partial charge in [-0.1, -0.05) is 30.3 Å². The maximum absolute atomic E-state index is 12.1. The van der Waals surface area contributed by atoms with Gasteiger partial charge in [0.15, 0.2) is 5.16 Å². The average molecular weight is 407 g/mol. The molecule has 1 aromatic heterocycles. The molecule has 0 aliphatic carbocycles. The van der Waals surface area contributed by atoms with Crippen molar-refractivity contribution >= 4 is 29.3 Å². The summed E-state index contributed by atoms with van der Waals surface area (Å²) < 4.78 is 0. The van der Waals surface area contributed by atoms with E-state index in [9.17, 15) is 9.59 Å². The number of carbonyl (C=O) groups excluding carboxylic acids is 2. The largest absolute Gasteiger partial charge is 0.347 e. The number of hydrogen-bond acceptors (Lipinski definition) is 5. The Labute approximate surface area is 174 Å². The first kappa shape index (κ1) is 20.5. The van der Waals surface area contributed by atoms with Crippen molar-refractivity contribution in [3.05, 3.63) is 77.6 Å². The van der Waals surface area contributed by atoms with E-state index in [1.165, 1.54) is 11.8 Å². The molecule has 148 valence electrons. The maximum Gasteiger partial charge on any atom is 0.243 e. The van der Waals surface area contributed by atoms with Gasteiger partial charge in [-0.3, -0.25) is 9.59 Å². The van der Waals surface area contributed by atoms with Crippen molar-refractivity contribution in [1.82, 2.24) is 15.3 Å². The third kappa shape index (κ3) is 6.73. The van der Waals surface area contributed by atoms with E-state index >= 15 is 0 Å². The smallest absolute Gasteiger partial charge is 0.243 e. The molecule has 0 unspecified atom stereocenters. The fourth-order valence-electron chi connectivity index (χ4n) is 2.68. The highest BCUT2D eigenvalue weighted by molar-refractivity contribution is 7.99. The Balaban J connectivity index is 1.47. The monoisotopic (exact) mass is 406 g/mol. The molecule has 2 aromatic carbocycles. The number of amides is 2. The zero-order chi connectivity index (χ0) is 20.6. The summed E-state index contributed by atoms with van der Waals surface area (Å²) in [5, 5.41) is 6.11. The first-order valence-corrected chi connectivity index (χ1v) is 10.0. The third-order valence-electron chi connectivity index (χ3n) is 3.96. The van der Waals surface area contributed by atoms with Crippen LogP contribution in [0.15, 0.2) is 70.7 Å². The lowest BCUT2D eigenvalue weighted by Gasteiger charge is -2.08. The highest BCUT2D eigenvalue weighted by Crippen LogP contribution is 2.26. The highest BCUT2D eigenvalue weighted by Gasteiger charge is 2.08. The van der Waals surface area contributed by atoms with Crippen molar-refractivity contribution in [2.75, 3.05) is 11.9 Å². The van der Waals surface area contributed by atoms with E-state index < -0.39 is 0 Å². The Morgan fingerprint density at radius 3 is 2.21 bits per heavy atom. The molecule has 0 spiro atoms. The molecule has 0 fully saturated rings. The average Bonchev–Trinajstić information content (AvgIpc) is 2.68. The summed E-state index contributed by atoms with van der Waals surface area (Å²) in [5.41, 5.74) is 3.43. The normalized spacial score (nSPS) is 10.4. The van der Waals surface area contributed by atoms with Crippen LogP contribution in [0.5, 0.6) is 0 Å². The number of nitrogens with zero attached hydrogens (tertiary/aromatic N) is 2. The summed E-state index contributed by atoms with van der Waals surface area (Å²) in [6.45, 7) is 3.81. The van der Waals surface area contributed by atoms with Gasteiger partial charge in [0.1, 0.15) is 0 Å². The summed E-state index contributed by atoms with van der Waals surface area (Å²) in [7, 11) is 0. The number of hydrogen-bond donors (Lipinski definition) is 2. The molecule has 0 atom stereocenters. The number of rotatable bonds is 7. The van der Waals surface area contributed by atoms with E-state index in [0.29, 0.717) is 10.8 Å². The molecule has 0 saturated heterocycles. The molecule has 2 N–H and O–H groups in total. The van der Waals surface area contributed by atoms with E-state index in [-0.39, 0.29) is 24.8 Å². The van der Waals surface area contributed by atoms with E-state index in [1.54, 1.807) is 0 Å². The molecule has 0 bridgehead atoms. The van der Waals surface area contributed by atoms with Gasteiger partial charge in [-0.15, -0.1) is 0 Å². The van der Waals surface area contributed by atoms with Crippen molar-refractivity contribution in [2.24, 2.45) is 0 Å². The van der Waals surface area contributed by atoms with Crippen LogP contribution in [-0.2, 0) is 16.0 Å². The first-order chi connectivity index (χ1) is 14.0. The van der Waals surface area contributed by atoms with Gasteiger partial charge in [-0.25, -0.2) is 9.97 Å². The molecule has 2 amide bonds. The number of aromatic nitrogens is 2. The Hall–Kier alpha value is -3.19. The van der Waals surface area contributed by atoms with Crippen LogP contribution >= 0.6 is 11.8 Å².